The Bertz CT molecular complexity index is 300. The average molecular weight is 268 g/mol. The van der Waals surface area contributed by atoms with Gasteiger partial charge in [0.25, 0.3) is 0 Å². The Morgan fingerprint density at radius 2 is 1.63 bits per heavy atom. The van der Waals surface area contributed by atoms with Crippen LogP contribution < -0.4 is 0 Å². The van der Waals surface area contributed by atoms with E-state index < -0.39 is 5.60 Å². The molecule has 2 heteroatoms. The summed E-state index contributed by atoms with van der Waals surface area (Å²) in [4.78, 5) is 12.6. The number of rotatable bonds is 5. The molecule has 0 atom stereocenters. The summed E-state index contributed by atoms with van der Waals surface area (Å²) in [5.74, 6) is 0.333. The number of hydrogen-bond acceptors (Lipinski definition) is 2. The molecule has 19 heavy (non-hydrogen) atoms. The number of ketones is 1. The van der Waals surface area contributed by atoms with Gasteiger partial charge in [-0.15, -0.1) is 0 Å². The van der Waals surface area contributed by atoms with Gasteiger partial charge in [0.15, 0.2) is 5.78 Å². The van der Waals surface area contributed by atoms with E-state index in [0.29, 0.717) is 24.2 Å². The first-order chi connectivity index (χ1) is 8.60. The van der Waals surface area contributed by atoms with Crippen LogP contribution in [-0.4, -0.2) is 18.0 Å². The zero-order valence-corrected chi connectivity index (χ0v) is 13.8. The van der Waals surface area contributed by atoms with Crippen molar-refractivity contribution in [3.05, 3.63) is 0 Å². The Labute approximate surface area is 119 Å². The van der Waals surface area contributed by atoms with Crippen LogP contribution in [0, 0.1) is 10.8 Å². The first-order valence-corrected chi connectivity index (χ1v) is 7.78. The van der Waals surface area contributed by atoms with Gasteiger partial charge >= 0.3 is 0 Å². The Morgan fingerprint density at radius 1 is 1.11 bits per heavy atom. The molecular formula is C17H32O2. The second-order valence-electron chi connectivity index (χ2n) is 8.08. The highest BCUT2D eigenvalue weighted by atomic mass is 16.5. The second kappa shape index (κ2) is 5.95. The van der Waals surface area contributed by atoms with E-state index >= 15 is 0 Å². The van der Waals surface area contributed by atoms with Crippen LogP contribution in [0.3, 0.4) is 0 Å². The molecule has 0 bridgehead atoms. The van der Waals surface area contributed by atoms with Gasteiger partial charge in [-0.25, -0.2) is 0 Å². The van der Waals surface area contributed by atoms with Crippen LogP contribution in [0.4, 0.5) is 0 Å². The number of Topliss-reactive ketones (excluding diaryl/α,β-unsaturated/α-hetero) is 1. The van der Waals surface area contributed by atoms with Crippen molar-refractivity contribution >= 4 is 5.78 Å². The lowest BCUT2D eigenvalue weighted by atomic mass is 9.68. The van der Waals surface area contributed by atoms with Crippen LogP contribution in [0.15, 0.2) is 0 Å². The molecule has 0 N–H and O–H groups in total. The highest BCUT2D eigenvalue weighted by molar-refractivity contribution is 5.87. The summed E-state index contributed by atoms with van der Waals surface area (Å²) in [6.45, 7) is 13.8. The SMILES string of the molecule is CCOC1(C(=O)CCC(C)(C)C)CCC(C)(C)CC1. The van der Waals surface area contributed by atoms with E-state index in [-0.39, 0.29) is 5.41 Å². The Kier molecular flexibility index (Phi) is 5.22. The fourth-order valence-corrected chi connectivity index (χ4v) is 2.83. The van der Waals surface area contributed by atoms with Gasteiger partial charge in [-0.3, -0.25) is 4.79 Å². The molecule has 0 amide bonds. The Morgan fingerprint density at radius 3 is 2.05 bits per heavy atom. The van der Waals surface area contributed by atoms with Crippen LogP contribution in [0.1, 0.15) is 80.1 Å². The van der Waals surface area contributed by atoms with Gasteiger partial charge in [0.2, 0.25) is 0 Å². The minimum Gasteiger partial charge on any atom is -0.368 e. The first-order valence-electron chi connectivity index (χ1n) is 7.78. The smallest absolute Gasteiger partial charge is 0.164 e. The van der Waals surface area contributed by atoms with Gasteiger partial charge in [0, 0.05) is 13.0 Å². The minimum absolute atomic E-state index is 0.219. The summed E-state index contributed by atoms with van der Waals surface area (Å²) in [6, 6.07) is 0. The van der Waals surface area contributed by atoms with Crippen molar-refractivity contribution in [1.29, 1.82) is 0 Å². The maximum Gasteiger partial charge on any atom is 0.164 e. The summed E-state index contributed by atoms with van der Waals surface area (Å²) in [7, 11) is 0. The van der Waals surface area contributed by atoms with Crippen LogP contribution in [0.2, 0.25) is 0 Å². The van der Waals surface area contributed by atoms with Gasteiger partial charge in [0.1, 0.15) is 5.60 Å². The second-order valence-corrected chi connectivity index (χ2v) is 8.08. The van der Waals surface area contributed by atoms with Crippen LogP contribution in [-0.2, 0) is 9.53 Å². The fraction of sp³-hybridized carbons (Fsp3) is 0.941. The van der Waals surface area contributed by atoms with E-state index in [1.807, 2.05) is 6.92 Å². The molecule has 0 unspecified atom stereocenters. The summed E-state index contributed by atoms with van der Waals surface area (Å²) in [6.07, 6.45) is 5.59. The van der Waals surface area contributed by atoms with Crippen molar-refractivity contribution in [2.75, 3.05) is 6.61 Å². The number of hydrogen-bond donors (Lipinski definition) is 0. The molecule has 0 aromatic rings. The summed E-state index contributed by atoms with van der Waals surface area (Å²) < 4.78 is 5.94. The van der Waals surface area contributed by atoms with E-state index in [2.05, 4.69) is 34.6 Å². The predicted molar refractivity (Wildman–Crippen MR) is 80.3 cm³/mol. The lowest BCUT2D eigenvalue weighted by Gasteiger charge is -2.42. The molecule has 0 heterocycles. The van der Waals surface area contributed by atoms with Crippen molar-refractivity contribution in [2.24, 2.45) is 10.8 Å². The van der Waals surface area contributed by atoms with Crippen molar-refractivity contribution < 1.29 is 9.53 Å². The van der Waals surface area contributed by atoms with Gasteiger partial charge in [-0.1, -0.05) is 34.6 Å². The van der Waals surface area contributed by atoms with Crippen molar-refractivity contribution in [1.82, 2.24) is 0 Å². The average Bonchev–Trinajstić information content (AvgIpc) is 2.28. The standard InChI is InChI=1S/C17H32O2/c1-7-19-17(12-10-16(5,6)11-13-17)14(18)8-9-15(2,3)4/h7-13H2,1-6H3. The molecule has 0 saturated heterocycles. The topological polar surface area (TPSA) is 26.3 Å². The summed E-state index contributed by atoms with van der Waals surface area (Å²) in [5.41, 5.74) is 0.109. The molecular weight excluding hydrogens is 236 g/mol. The van der Waals surface area contributed by atoms with Crippen molar-refractivity contribution in [3.63, 3.8) is 0 Å². The minimum atomic E-state index is -0.477. The molecule has 1 fully saturated rings. The summed E-state index contributed by atoms with van der Waals surface area (Å²) in [5, 5.41) is 0. The maximum absolute atomic E-state index is 12.6. The van der Waals surface area contributed by atoms with Crippen LogP contribution in [0.5, 0.6) is 0 Å². The van der Waals surface area contributed by atoms with Crippen LogP contribution >= 0.6 is 0 Å². The number of carbonyl (C=O) groups is 1. The highest BCUT2D eigenvalue weighted by Gasteiger charge is 2.44. The van der Waals surface area contributed by atoms with E-state index in [4.69, 9.17) is 4.74 Å². The van der Waals surface area contributed by atoms with E-state index in [1.165, 1.54) is 0 Å². The molecule has 112 valence electrons. The van der Waals surface area contributed by atoms with Crippen molar-refractivity contribution in [2.45, 2.75) is 85.7 Å². The molecule has 0 aromatic heterocycles. The zero-order chi connectivity index (χ0) is 14.7. The van der Waals surface area contributed by atoms with Crippen molar-refractivity contribution in [3.8, 4) is 0 Å². The third-order valence-electron chi connectivity index (χ3n) is 4.44. The third-order valence-corrected chi connectivity index (χ3v) is 4.44. The predicted octanol–water partition coefficient (Wildman–Crippen LogP) is 4.76. The molecule has 1 rings (SSSR count). The fourth-order valence-electron chi connectivity index (χ4n) is 2.83. The van der Waals surface area contributed by atoms with E-state index in [0.717, 1.165) is 32.1 Å². The molecule has 0 spiro atoms. The third kappa shape index (κ3) is 4.91. The lowest BCUT2D eigenvalue weighted by Crippen LogP contribution is -2.46. The van der Waals surface area contributed by atoms with Gasteiger partial charge in [-0.2, -0.15) is 0 Å². The molecule has 0 aromatic carbocycles. The molecule has 1 saturated carbocycles. The lowest BCUT2D eigenvalue weighted by molar-refractivity contribution is -0.152. The highest BCUT2D eigenvalue weighted by Crippen LogP contribution is 2.43. The van der Waals surface area contributed by atoms with Gasteiger partial charge < -0.3 is 4.74 Å². The van der Waals surface area contributed by atoms with Gasteiger partial charge in [0.05, 0.1) is 0 Å². The largest absolute Gasteiger partial charge is 0.368 e. The Hall–Kier alpha value is -0.370. The molecule has 1 aliphatic rings. The number of carbonyl (C=O) groups excluding carboxylic acids is 1. The normalized spacial score (nSPS) is 22.2. The van der Waals surface area contributed by atoms with Crippen LogP contribution in [0.25, 0.3) is 0 Å². The zero-order valence-electron chi connectivity index (χ0n) is 13.8. The monoisotopic (exact) mass is 268 g/mol. The van der Waals surface area contributed by atoms with E-state index in [9.17, 15) is 4.79 Å². The maximum atomic E-state index is 12.6. The summed E-state index contributed by atoms with van der Waals surface area (Å²) >= 11 is 0. The quantitative estimate of drug-likeness (QED) is 0.718. The molecule has 0 aliphatic heterocycles. The number of ether oxygens (including phenoxy) is 1. The van der Waals surface area contributed by atoms with Gasteiger partial charge in [-0.05, 0) is 49.9 Å². The Balaban J connectivity index is 2.69. The van der Waals surface area contributed by atoms with E-state index in [1.54, 1.807) is 0 Å². The first kappa shape index (κ1) is 16.7. The molecule has 1 aliphatic carbocycles. The molecule has 0 radical (unpaired) electrons. The molecule has 2 nitrogen and oxygen atoms in total.